The molecule has 18 heavy (non-hydrogen) atoms. The molecule has 1 aromatic rings. The molecule has 0 saturated carbocycles. The van der Waals surface area contributed by atoms with Crippen molar-refractivity contribution in [1.82, 2.24) is 5.32 Å². The Morgan fingerprint density at radius 1 is 1.39 bits per heavy atom. The predicted molar refractivity (Wildman–Crippen MR) is 76.2 cm³/mol. The van der Waals surface area contributed by atoms with E-state index in [0.29, 0.717) is 17.4 Å². The van der Waals surface area contributed by atoms with Crippen LogP contribution in [0.5, 0.6) is 5.75 Å². The zero-order valence-corrected chi connectivity index (χ0v) is 12.0. The molecule has 1 heterocycles. The van der Waals surface area contributed by atoms with Gasteiger partial charge in [-0.1, -0.05) is 32.0 Å². The Labute approximate surface area is 111 Å². The number of rotatable bonds is 5. The van der Waals surface area contributed by atoms with Crippen molar-refractivity contribution in [2.45, 2.75) is 45.6 Å². The maximum absolute atomic E-state index is 5.77. The lowest BCUT2D eigenvalue weighted by atomic mass is 9.77. The zero-order chi connectivity index (χ0) is 13.2. The second kappa shape index (κ2) is 5.31. The minimum Gasteiger partial charge on any atom is -0.493 e. The highest BCUT2D eigenvalue weighted by molar-refractivity contribution is 5.39. The number of fused-ring (bicyclic) bond motifs is 1. The Morgan fingerprint density at radius 3 is 2.83 bits per heavy atom. The Kier molecular flexibility index (Phi) is 3.96. The molecule has 1 aromatic carbocycles. The minimum atomic E-state index is 0.341. The molecule has 2 atom stereocenters. The van der Waals surface area contributed by atoms with Crippen LogP contribution in [0, 0.1) is 5.41 Å². The van der Waals surface area contributed by atoms with E-state index in [1.807, 2.05) is 7.05 Å². The average Bonchev–Trinajstić information content (AvgIpc) is 2.71. The van der Waals surface area contributed by atoms with E-state index < -0.39 is 0 Å². The molecule has 0 aromatic heterocycles. The van der Waals surface area contributed by atoms with Crippen molar-refractivity contribution >= 4 is 0 Å². The van der Waals surface area contributed by atoms with Crippen molar-refractivity contribution in [3.05, 3.63) is 29.8 Å². The Balaban J connectivity index is 2.02. The summed E-state index contributed by atoms with van der Waals surface area (Å²) >= 11 is 0. The lowest BCUT2D eigenvalue weighted by molar-refractivity contribution is 0.229. The van der Waals surface area contributed by atoms with Crippen LogP contribution in [0.2, 0.25) is 0 Å². The molecule has 2 heteroatoms. The van der Waals surface area contributed by atoms with Gasteiger partial charge in [-0.25, -0.2) is 0 Å². The molecular formula is C16H25NO. The number of para-hydroxylation sites is 1. The second-order valence-electron chi connectivity index (χ2n) is 6.31. The van der Waals surface area contributed by atoms with E-state index in [9.17, 15) is 0 Å². The third kappa shape index (κ3) is 3.05. The highest BCUT2D eigenvalue weighted by atomic mass is 16.5. The van der Waals surface area contributed by atoms with Gasteiger partial charge in [-0.3, -0.25) is 0 Å². The van der Waals surface area contributed by atoms with Crippen molar-refractivity contribution in [1.29, 1.82) is 0 Å². The number of hydrogen-bond donors (Lipinski definition) is 1. The normalized spacial score (nSPS) is 20.3. The first-order valence-electron chi connectivity index (χ1n) is 6.91. The maximum Gasteiger partial charge on any atom is 0.122 e. The largest absolute Gasteiger partial charge is 0.493 e. The Hall–Kier alpha value is -1.02. The summed E-state index contributed by atoms with van der Waals surface area (Å²) in [6.07, 6.45) is 2.39. The second-order valence-corrected chi connectivity index (χ2v) is 6.31. The smallest absolute Gasteiger partial charge is 0.122 e. The average molecular weight is 247 g/mol. The molecular weight excluding hydrogens is 222 g/mol. The van der Waals surface area contributed by atoms with Gasteiger partial charge in [0.2, 0.25) is 0 Å². The summed E-state index contributed by atoms with van der Waals surface area (Å²) < 4.78 is 5.77. The van der Waals surface area contributed by atoms with Crippen molar-refractivity contribution in [2.24, 2.45) is 5.41 Å². The van der Waals surface area contributed by atoms with Crippen molar-refractivity contribution < 1.29 is 4.74 Å². The van der Waals surface area contributed by atoms with Gasteiger partial charge in [-0.05, 0) is 38.3 Å². The fraction of sp³-hybridized carbons (Fsp3) is 0.625. The van der Waals surface area contributed by atoms with Gasteiger partial charge in [0, 0.05) is 17.5 Å². The van der Waals surface area contributed by atoms with Crippen molar-refractivity contribution in [3.63, 3.8) is 0 Å². The van der Waals surface area contributed by atoms with Gasteiger partial charge in [0.25, 0.3) is 0 Å². The van der Waals surface area contributed by atoms with E-state index in [1.54, 1.807) is 0 Å². The van der Waals surface area contributed by atoms with Crippen LogP contribution in [0.3, 0.4) is 0 Å². The first-order valence-corrected chi connectivity index (χ1v) is 6.91. The van der Waals surface area contributed by atoms with Crippen LogP contribution < -0.4 is 10.1 Å². The number of benzene rings is 1. The van der Waals surface area contributed by atoms with E-state index in [1.165, 1.54) is 18.4 Å². The van der Waals surface area contributed by atoms with Crippen LogP contribution in [0.4, 0.5) is 0 Å². The topological polar surface area (TPSA) is 21.3 Å². The van der Waals surface area contributed by atoms with Crippen LogP contribution >= 0.6 is 0 Å². The van der Waals surface area contributed by atoms with Crippen molar-refractivity contribution in [3.8, 4) is 5.75 Å². The maximum atomic E-state index is 5.77. The standard InChI is InChI=1S/C16H25NO/c1-12(17-4)9-16(2,3)10-13-11-18-15-8-6-5-7-14(13)15/h5-8,12-13,17H,9-11H2,1-4H3. The third-order valence-electron chi connectivity index (χ3n) is 3.95. The molecule has 2 unspecified atom stereocenters. The molecule has 2 nitrogen and oxygen atoms in total. The van der Waals surface area contributed by atoms with E-state index in [4.69, 9.17) is 4.74 Å². The monoisotopic (exact) mass is 247 g/mol. The van der Waals surface area contributed by atoms with Gasteiger partial charge in [-0.2, -0.15) is 0 Å². The van der Waals surface area contributed by atoms with Gasteiger partial charge in [-0.15, -0.1) is 0 Å². The lowest BCUT2D eigenvalue weighted by Gasteiger charge is -2.30. The van der Waals surface area contributed by atoms with Crippen LogP contribution in [-0.4, -0.2) is 19.7 Å². The summed E-state index contributed by atoms with van der Waals surface area (Å²) in [6.45, 7) is 7.82. The molecule has 0 radical (unpaired) electrons. The SMILES string of the molecule is CNC(C)CC(C)(C)CC1COc2ccccc21. The molecule has 0 fully saturated rings. The van der Waals surface area contributed by atoms with E-state index in [-0.39, 0.29) is 0 Å². The van der Waals surface area contributed by atoms with Gasteiger partial charge in [0.1, 0.15) is 5.75 Å². The predicted octanol–water partition coefficient (Wildman–Crippen LogP) is 3.58. The molecule has 0 spiro atoms. The highest BCUT2D eigenvalue weighted by Gasteiger charge is 2.30. The van der Waals surface area contributed by atoms with Crippen LogP contribution in [0.15, 0.2) is 24.3 Å². The summed E-state index contributed by atoms with van der Waals surface area (Å²) in [4.78, 5) is 0. The fourth-order valence-corrected chi connectivity index (χ4v) is 3.08. The first kappa shape index (κ1) is 13.4. The van der Waals surface area contributed by atoms with E-state index in [0.717, 1.165) is 12.4 Å². The highest BCUT2D eigenvalue weighted by Crippen LogP contribution is 2.42. The van der Waals surface area contributed by atoms with Gasteiger partial charge < -0.3 is 10.1 Å². The van der Waals surface area contributed by atoms with Crippen LogP contribution in [-0.2, 0) is 0 Å². The molecule has 1 N–H and O–H groups in total. The third-order valence-corrected chi connectivity index (χ3v) is 3.95. The molecule has 1 aliphatic heterocycles. The molecule has 0 aliphatic carbocycles. The van der Waals surface area contributed by atoms with Crippen LogP contribution in [0.1, 0.15) is 45.1 Å². The van der Waals surface area contributed by atoms with Gasteiger partial charge in [0.05, 0.1) is 6.61 Å². The summed E-state index contributed by atoms with van der Waals surface area (Å²) in [5.41, 5.74) is 1.73. The summed E-state index contributed by atoms with van der Waals surface area (Å²) in [5.74, 6) is 1.64. The summed E-state index contributed by atoms with van der Waals surface area (Å²) in [5, 5.41) is 3.33. The molecule has 0 saturated heterocycles. The number of hydrogen-bond acceptors (Lipinski definition) is 2. The fourth-order valence-electron chi connectivity index (χ4n) is 3.08. The molecule has 0 bridgehead atoms. The van der Waals surface area contributed by atoms with Gasteiger partial charge in [0.15, 0.2) is 0 Å². The summed E-state index contributed by atoms with van der Waals surface area (Å²) in [7, 11) is 2.04. The summed E-state index contributed by atoms with van der Waals surface area (Å²) in [6, 6.07) is 9.03. The van der Waals surface area contributed by atoms with Gasteiger partial charge >= 0.3 is 0 Å². The minimum absolute atomic E-state index is 0.341. The Morgan fingerprint density at radius 2 is 2.11 bits per heavy atom. The van der Waals surface area contributed by atoms with Crippen molar-refractivity contribution in [2.75, 3.05) is 13.7 Å². The zero-order valence-electron chi connectivity index (χ0n) is 12.0. The molecule has 1 aliphatic rings. The quantitative estimate of drug-likeness (QED) is 0.858. The molecule has 100 valence electrons. The van der Waals surface area contributed by atoms with E-state index >= 15 is 0 Å². The lowest BCUT2D eigenvalue weighted by Crippen LogP contribution is -2.29. The molecule has 0 amide bonds. The molecule has 2 rings (SSSR count). The number of nitrogens with one attached hydrogen (secondary N) is 1. The van der Waals surface area contributed by atoms with E-state index in [2.05, 4.69) is 50.4 Å². The van der Waals surface area contributed by atoms with Crippen LogP contribution in [0.25, 0.3) is 0 Å². The first-order chi connectivity index (χ1) is 8.52. The Bertz CT molecular complexity index is 400. The number of ether oxygens (including phenoxy) is 1.